The maximum Gasteiger partial charge on any atom is 0.251 e. The lowest BCUT2D eigenvalue weighted by Crippen LogP contribution is -2.38. The van der Waals surface area contributed by atoms with Crippen molar-refractivity contribution in [2.24, 2.45) is 11.8 Å². The van der Waals surface area contributed by atoms with E-state index in [1.807, 2.05) is 44.2 Å². The highest BCUT2D eigenvalue weighted by atomic mass is 32.2. The fourth-order valence-electron chi connectivity index (χ4n) is 5.10. The lowest BCUT2D eigenvalue weighted by molar-refractivity contribution is 0.0923. The number of sulfonamides is 1. The minimum atomic E-state index is -3.44. The summed E-state index contributed by atoms with van der Waals surface area (Å²) in [5.41, 5.74) is 4.17. The third kappa shape index (κ3) is 4.53. The Hall–Kier alpha value is -2.34. The molecule has 0 aromatic heterocycles. The van der Waals surface area contributed by atoms with Gasteiger partial charge in [-0.05, 0) is 85.9 Å². The van der Waals surface area contributed by atoms with Crippen LogP contribution in [0, 0.1) is 25.7 Å². The van der Waals surface area contributed by atoms with Crippen molar-refractivity contribution in [2.45, 2.75) is 52.1 Å². The number of nitrogens with zero attached hydrogens (tertiary/aromatic N) is 1. The van der Waals surface area contributed by atoms with Crippen molar-refractivity contribution in [3.8, 4) is 0 Å². The zero-order valence-electron chi connectivity index (χ0n) is 17.9. The number of hydrogen-bond donors (Lipinski definition) is 1. The zero-order valence-corrected chi connectivity index (χ0v) is 18.7. The van der Waals surface area contributed by atoms with Crippen molar-refractivity contribution in [2.75, 3.05) is 10.6 Å². The van der Waals surface area contributed by atoms with Crippen LogP contribution in [0.5, 0.6) is 0 Å². The molecule has 0 radical (unpaired) electrons. The molecule has 2 fully saturated rings. The van der Waals surface area contributed by atoms with E-state index in [1.54, 1.807) is 12.1 Å². The molecule has 2 aliphatic rings. The molecule has 3 atom stereocenters. The molecule has 160 valence electrons. The van der Waals surface area contributed by atoms with E-state index in [4.69, 9.17) is 0 Å². The van der Waals surface area contributed by atoms with Crippen LogP contribution in [-0.4, -0.2) is 26.6 Å². The Labute approximate surface area is 179 Å². The van der Waals surface area contributed by atoms with Gasteiger partial charge in [0.1, 0.15) is 0 Å². The molecule has 2 saturated carbocycles. The molecule has 2 aromatic carbocycles. The highest BCUT2D eigenvalue weighted by molar-refractivity contribution is 7.92. The molecule has 6 heteroatoms. The van der Waals surface area contributed by atoms with Crippen LogP contribution < -0.4 is 9.62 Å². The quantitative estimate of drug-likeness (QED) is 0.753. The van der Waals surface area contributed by atoms with Crippen LogP contribution >= 0.6 is 0 Å². The SMILES string of the molecule is Cc1cc(C)cc(N(Cc2ccc(C(=O)NC3CC4CCC3C4)cc2)S(C)(=O)=O)c1. The molecule has 1 N–H and O–H groups in total. The predicted octanol–water partition coefficient (Wildman–Crippen LogP) is 4.19. The number of fused-ring (bicyclic) bond motifs is 2. The van der Waals surface area contributed by atoms with Crippen LogP contribution in [0.2, 0.25) is 0 Å². The Kier molecular flexibility index (Phi) is 5.62. The first-order chi connectivity index (χ1) is 14.2. The molecule has 30 heavy (non-hydrogen) atoms. The van der Waals surface area contributed by atoms with E-state index < -0.39 is 10.0 Å². The second-order valence-electron chi connectivity index (χ2n) is 9.07. The number of aryl methyl sites for hydroxylation is 2. The van der Waals surface area contributed by atoms with E-state index in [-0.39, 0.29) is 12.5 Å². The number of hydrogen-bond acceptors (Lipinski definition) is 3. The van der Waals surface area contributed by atoms with Crippen LogP contribution in [0.25, 0.3) is 0 Å². The maximum absolute atomic E-state index is 12.6. The third-order valence-corrected chi connectivity index (χ3v) is 7.63. The summed E-state index contributed by atoms with van der Waals surface area (Å²) in [6.07, 6.45) is 6.12. The fraction of sp³-hybridized carbons (Fsp3) is 0.458. The second kappa shape index (κ2) is 8.06. The van der Waals surface area contributed by atoms with Crippen LogP contribution in [0.15, 0.2) is 42.5 Å². The van der Waals surface area contributed by atoms with Crippen molar-refractivity contribution in [1.29, 1.82) is 0 Å². The molecule has 0 heterocycles. The van der Waals surface area contributed by atoms with E-state index in [0.717, 1.165) is 29.0 Å². The van der Waals surface area contributed by atoms with Gasteiger partial charge in [-0.2, -0.15) is 0 Å². The molecule has 0 aliphatic heterocycles. The standard InChI is InChI=1S/C24H30N2O3S/c1-16-10-17(2)12-22(11-16)26(30(3,28)29)15-18-4-7-20(8-5-18)24(27)25-23-14-19-6-9-21(23)13-19/h4-5,7-8,10-12,19,21,23H,6,9,13-15H2,1-3H3,(H,25,27). The number of benzene rings is 2. The summed E-state index contributed by atoms with van der Waals surface area (Å²) in [6, 6.07) is 13.4. The number of nitrogens with one attached hydrogen (secondary N) is 1. The van der Waals surface area contributed by atoms with E-state index in [9.17, 15) is 13.2 Å². The van der Waals surface area contributed by atoms with Crippen LogP contribution in [0.3, 0.4) is 0 Å². The van der Waals surface area contributed by atoms with Crippen molar-refractivity contribution >= 4 is 21.6 Å². The van der Waals surface area contributed by atoms with Crippen LogP contribution in [0.1, 0.15) is 52.7 Å². The minimum absolute atomic E-state index is 0.0339. The summed E-state index contributed by atoms with van der Waals surface area (Å²) < 4.78 is 26.3. The van der Waals surface area contributed by atoms with Crippen LogP contribution in [-0.2, 0) is 16.6 Å². The smallest absolute Gasteiger partial charge is 0.251 e. The molecule has 4 rings (SSSR count). The Morgan fingerprint density at radius 3 is 2.23 bits per heavy atom. The lowest BCUT2D eigenvalue weighted by atomic mass is 9.95. The summed E-state index contributed by atoms with van der Waals surface area (Å²) in [5, 5.41) is 3.20. The first-order valence-corrected chi connectivity index (χ1v) is 12.5. The van der Waals surface area contributed by atoms with Crippen molar-refractivity contribution in [3.05, 3.63) is 64.7 Å². The highest BCUT2D eigenvalue weighted by Crippen LogP contribution is 2.44. The molecule has 2 aliphatic carbocycles. The van der Waals surface area contributed by atoms with Crippen molar-refractivity contribution in [1.82, 2.24) is 5.32 Å². The van der Waals surface area contributed by atoms with Crippen molar-refractivity contribution in [3.63, 3.8) is 0 Å². The Balaban J connectivity index is 1.47. The molecule has 2 bridgehead atoms. The van der Waals surface area contributed by atoms with Gasteiger partial charge in [-0.25, -0.2) is 8.42 Å². The minimum Gasteiger partial charge on any atom is -0.349 e. The zero-order chi connectivity index (χ0) is 21.5. The molecule has 3 unspecified atom stereocenters. The van der Waals surface area contributed by atoms with Gasteiger partial charge in [0.2, 0.25) is 10.0 Å². The monoisotopic (exact) mass is 426 g/mol. The van der Waals surface area contributed by atoms with Gasteiger partial charge in [-0.15, -0.1) is 0 Å². The summed E-state index contributed by atoms with van der Waals surface area (Å²) in [6.45, 7) is 4.15. The number of amides is 1. The van der Waals surface area contributed by atoms with Gasteiger partial charge >= 0.3 is 0 Å². The molecule has 2 aromatic rings. The fourth-order valence-corrected chi connectivity index (χ4v) is 5.97. The highest BCUT2D eigenvalue weighted by Gasteiger charge is 2.40. The largest absolute Gasteiger partial charge is 0.349 e. The number of anilines is 1. The maximum atomic E-state index is 12.6. The van der Waals surface area contributed by atoms with E-state index in [0.29, 0.717) is 23.2 Å². The summed E-state index contributed by atoms with van der Waals surface area (Å²) in [7, 11) is -3.44. The van der Waals surface area contributed by atoms with Gasteiger partial charge in [0, 0.05) is 11.6 Å². The number of carbonyl (C=O) groups excluding carboxylic acids is 1. The predicted molar refractivity (Wildman–Crippen MR) is 120 cm³/mol. The van der Waals surface area contributed by atoms with Gasteiger partial charge < -0.3 is 5.32 Å². The molecular formula is C24H30N2O3S. The molecule has 0 saturated heterocycles. The second-order valence-corrected chi connectivity index (χ2v) is 11.0. The Morgan fingerprint density at radius 1 is 1.03 bits per heavy atom. The topological polar surface area (TPSA) is 66.5 Å². The van der Waals surface area contributed by atoms with E-state index in [2.05, 4.69) is 5.32 Å². The van der Waals surface area contributed by atoms with Gasteiger partial charge in [0.15, 0.2) is 0 Å². The Morgan fingerprint density at radius 2 is 1.70 bits per heavy atom. The molecule has 0 spiro atoms. The van der Waals surface area contributed by atoms with Crippen molar-refractivity contribution < 1.29 is 13.2 Å². The number of rotatable bonds is 6. The van der Waals surface area contributed by atoms with E-state index in [1.165, 1.54) is 29.8 Å². The third-order valence-electron chi connectivity index (χ3n) is 6.49. The van der Waals surface area contributed by atoms with Gasteiger partial charge in [0.05, 0.1) is 18.5 Å². The summed E-state index contributed by atoms with van der Waals surface area (Å²) in [5.74, 6) is 1.39. The first kappa shape index (κ1) is 20.9. The molecular weight excluding hydrogens is 396 g/mol. The average molecular weight is 427 g/mol. The van der Waals surface area contributed by atoms with Crippen LogP contribution in [0.4, 0.5) is 5.69 Å². The van der Waals surface area contributed by atoms with Gasteiger partial charge in [0.25, 0.3) is 5.91 Å². The molecule has 5 nitrogen and oxygen atoms in total. The molecule has 1 amide bonds. The van der Waals surface area contributed by atoms with Gasteiger partial charge in [-0.1, -0.05) is 24.6 Å². The van der Waals surface area contributed by atoms with E-state index >= 15 is 0 Å². The Bertz CT molecular complexity index is 1030. The number of carbonyl (C=O) groups is 1. The average Bonchev–Trinajstić information content (AvgIpc) is 3.28. The lowest BCUT2D eigenvalue weighted by Gasteiger charge is -2.24. The summed E-state index contributed by atoms with van der Waals surface area (Å²) in [4.78, 5) is 12.6. The normalized spacial score (nSPS) is 22.8. The summed E-state index contributed by atoms with van der Waals surface area (Å²) >= 11 is 0. The van der Waals surface area contributed by atoms with Gasteiger partial charge in [-0.3, -0.25) is 9.10 Å². The first-order valence-electron chi connectivity index (χ1n) is 10.6.